The predicted molar refractivity (Wildman–Crippen MR) is 88.5 cm³/mol. The summed E-state index contributed by atoms with van der Waals surface area (Å²) in [5.41, 5.74) is 5.56. The van der Waals surface area contributed by atoms with Crippen molar-refractivity contribution in [2.75, 3.05) is 0 Å². The fourth-order valence-electron chi connectivity index (χ4n) is 3.21. The van der Waals surface area contributed by atoms with Crippen LogP contribution in [0.4, 0.5) is 0 Å². The first kappa shape index (κ1) is 11.5. The van der Waals surface area contributed by atoms with E-state index in [1.54, 1.807) is 0 Å². The molecule has 0 spiro atoms. The predicted octanol–water partition coefficient (Wildman–Crippen LogP) is 5.40. The van der Waals surface area contributed by atoms with E-state index in [2.05, 4.69) is 72.9 Å². The first-order valence-electron chi connectivity index (χ1n) is 7.19. The Morgan fingerprint density at radius 3 is 2.35 bits per heavy atom. The smallest absolute Gasteiger partial charge is 0.00820 e. The first-order chi connectivity index (χ1) is 9.95. The molecule has 0 amide bonds. The van der Waals surface area contributed by atoms with Gasteiger partial charge in [0.2, 0.25) is 0 Å². The van der Waals surface area contributed by atoms with Crippen LogP contribution >= 0.6 is 0 Å². The molecule has 0 bridgehead atoms. The maximum absolute atomic E-state index is 2.29. The fourth-order valence-corrected chi connectivity index (χ4v) is 3.21. The van der Waals surface area contributed by atoms with Crippen LogP contribution < -0.4 is 0 Å². The standard InChI is InChI=1S/C20H16/c1-3-9-15-16-10-4-2-6-12-18(16)20-14-8-7-13-19(20)17(15)11-5-1/h1,3-10,12-14H,2,11H2. The Hall–Kier alpha value is -2.34. The molecular formula is C20H16. The summed E-state index contributed by atoms with van der Waals surface area (Å²) < 4.78 is 0. The van der Waals surface area contributed by atoms with Crippen molar-refractivity contribution in [3.05, 3.63) is 76.9 Å². The molecule has 96 valence electrons. The van der Waals surface area contributed by atoms with E-state index in [4.69, 9.17) is 0 Å². The maximum Gasteiger partial charge on any atom is -0.00820 e. The lowest BCUT2D eigenvalue weighted by molar-refractivity contribution is 1.29. The van der Waals surface area contributed by atoms with E-state index in [1.165, 1.54) is 33.0 Å². The third kappa shape index (κ3) is 1.69. The van der Waals surface area contributed by atoms with E-state index >= 15 is 0 Å². The van der Waals surface area contributed by atoms with Crippen LogP contribution in [-0.4, -0.2) is 0 Å². The largest absolute Gasteiger partial charge is 0.0801 e. The number of hydrogen-bond donors (Lipinski definition) is 0. The van der Waals surface area contributed by atoms with Gasteiger partial charge in [-0.3, -0.25) is 0 Å². The minimum atomic E-state index is 1.01. The Balaban J connectivity index is 2.21. The normalized spacial score (nSPS) is 15.8. The SMILES string of the molecule is C1=CCc2c(c3c(c4ccccc24)C=CCC=C3)C=C1. The minimum absolute atomic E-state index is 1.01. The third-order valence-electron chi connectivity index (χ3n) is 4.12. The lowest BCUT2D eigenvalue weighted by atomic mass is 9.88. The van der Waals surface area contributed by atoms with Gasteiger partial charge >= 0.3 is 0 Å². The summed E-state index contributed by atoms with van der Waals surface area (Å²) in [6.07, 6.45) is 19.9. The van der Waals surface area contributed by atoms with Gasteiger partial charge in [-0.1, -0.05) is 72.9 Å². The molecule has 0 unspecified atom stereocenters. The van der Waals surface area contributed by atoms with Gasteiger partial charge in [-0.2, -0.15) is 0 Å². The van der Waals surface area contributed by atoms with Crippen molar-refractivity contribution >= 4 is 29.0 Å². The molecule has 0 atom stereocenters. The fraction of sp³-hybridized carbons (Fsp3) is 0.100. The van der Waals surface area contributed by atoms with Gasteiger partial charge in [-0.25, -0.2) is 0 Å². The van der Waals surface area contributed by atoms with Crippen LogP contribution in [0.15, 0.2) is 54.6 Å². The maximum atomic E-state index is 2.29. The molecule has 20 heavy (non-hydrogen) atoms. The summed E-state index contributed by atoms with van der Waals surface area (Å²) in [5, 5.41) is 2.75. The van der Waals surface area contributed by atoms with E-state index in [-0.39, 0.29) is 0 Å². The van der Waals surface area contributed by atoms with Gasteiger partial charge in [0.25, 0.3) is 0 Å². The van der Waals surface area contributed by atoms with E-state index in [1.807, 2.05) is 0 Å². The van der Waals surface area contributed by atoms with Crippen molar-refractivity contribution in [2.45, 2.75) is 12.8 Å². The zero-order chi connectivity index (χ0) is 13.4. The van der Waals surface area contributed by atoms with Gasteiger partial charge in [-0.15, -0.1) is 0 Å². The highest BCUT2D eigenvalue weighted by Crippen LogP contribution is 2.35. The Morgan fingerprint density at radius 2 is 1.45 bits per heavy atom. The molecule has 0 nitrogen and oxygen atoms in total. The van der Waals surface area contributed by atoms with E-state index < -0.39 is 0 Å². The number of fused-ring (bicyclic) bond motifs is 6. The van der Waals surface area contributed by atoms with Crippen molar-refractivity contribution in [3.63, 3.8) is 0 Å². The number of rotatable bonds is 0. The monoisotopic (exact) mass is 256 g/mol. The van der Waals surface area contributed by atoms with E-state index in [0.717, 1.165) is 12.8 Å². The second-order valence-corrected chi connectivity index (χ2v) is 5.30. The molecule has 2 aliphatic carbocycles. The minimum Gasteiger partial charge on any atom is -0.0801 e. The number of allylic oxidation sites excluding steroid dienone is 5. The lowest BCUT2D eigenvalue weighted by Gasteiger charge is -2.16. The average Bonchev–Trinajstić information content (AvgIpc) is 2.88. The average molecular weight is 256 g/mol. The van der Waals surface area contributed by atoms with Crippen LogP contribution in [0.25, 0.3) is 29.0 Å². The van der Waals surface area contributed by atoms with Crippen molar-refractivity contribution in [1.82, 2.24) is 0 Å². The Labute approximate surface area is 119 Å². The molecule has 0 aromatic heterocycles. The van der Waals surface area contributed by atoms with Gasteiger partial charge < -0.3 is 0 Å². The third-order valence-corrected chi connectivity index (χ3v) is 4.12. The summed E-state index contributed by atoms with van der Waals surface area (Å²) in [7, 11) is 0. The van der Waals surface area contributed by atoms with Crippen LogP contribution in [0.3, 0.4) is 0 Å². The lowest BCUT2D eigenvalue weighted by Crippen LogP contribution is -1.97. The Morgan fingerprint density at radius 1 is 0.650 bits per heavy atom. The summed E-state index contributed by atoms with van der Waals surface area (Å²) in [5.74, 6) is 0. The highest BCUT2D eigenvalue weighted by Gasteiger charge is 2.15. The molecule has 0 saturated carbocycles. The number of hydrogen-bond acceptors (Lipinski definition) is 0. The van der Waals surface area contributed by atoms with E-state index in [0.29, 0.717) is 0 Å². The van der Waals surface area contributed by atoms with Crippen molar-refractivity contribution in [1.29, 1.82) is 0 Å². The highest BCUT2D eigenvalue weighted by molar-refractivity contribution is 6.00. The Kier molecular flexibility index (Phi) is 2.67. The van der Waals surface area contributed by atoms with Crippen LogP contribution in [0.1, 0.15) is 28.7 Å². The Bertz CT molecular complexity index is 798. The summed E-state index contributed by atoms with van der Waals surface area (Å²) in [6, 6.07) is 8.78. The van der Waals surface area contributed by atoms with E-state index in [9.17, 15) is 0 Å². The molecule has 2 aromatic carbocycles. The van der Waals surface area contributed by atoms with Gasteiger partial charge in [-0.05, 0) is 45.9 Å². The molecule has 0 saturated heterocycles. The van der Waals surface area contributed by atoms with Gasteiger partial charge in [0.05, 0.1) is 0 Å². The second-order valence-electron chi connectivity index (χ2n) is 5.30. The van der Waals surface area contributed by atoms with Crippen LogP contribution in [-0.2, 0) is 6.42 Å². The molecule has 0 radical (unpaired) electrons. The number of benzene rings is 2. The van der Waals surface area contributed by atoms with Crippen LogP contribution in [0, 0.1) is 0 Å². The molecule has 0 heterocycles. The summed E-state index contributed by atoms with van der Waals surface area (Å²) in [4.78, 5) is 0. The van der Waals surface area contributed by atoms with Crippen molar-refractivity contribution < 1.29 is 0 Å². The van der Waals surface area contributed by atoms with Gasteiger partial charge in [0, 0.05) is 0 Å². The molecule has 2 aromatic rings. The molecule has 0 fully saturated rings. The van der Waals surface area contributed by atoms with Crippen LogP contribution in [0.5, 0.6) is 0 Å². The van der Waals surface area contributed by atoms with Gasteiger partial charge in [0.15, 0.2) is 0 Å². The molecule has 0 heteroatoms. The molecule has 2 aliphatic rings. The zero-order valence-electron chi connectivity index (χ0n) is 11.3. The molecule has 4 rings (SSSR count). The van der Waals surface area contributed by atoms with Crippen LogP contribution in [0.2, 0.25) is 0 Å². The topological polar surface area (TPSA) is 0 Å². The van der Waals surface area contributed by atoms with Crippen molar-refractivity contribution in [2.24, 2.45) is 0 Å². The molecule has 0 N–H and O–H groups in total. The zero-order valence-corrected chi connectivity index (χ0v) is 11.3. The quantitative estimate of drug-likeness (QED) is 0.592. The highest BCUT2D eigenvalue weighted by atomic mass is 14.2. The van der Waals surface area contributed by atoms with Crippen molar-refractivity contribution in [3.8, 4) is 0 Å². The summed E-state index contributed by atoms with van der Waals surface area (Å²) in [6.45, 7) is 0. The first-order valence-corrected chi connectivity index (χ1v) is 7.19. The summed E-state index contributed by atoms with van der Waals surface area (Å²) >= 11 is 0. The second kappa shape index (κ2) is 4.64. The molecular weight excluding hydrogens is 240 g/mol. The van der Waals surface area contributed by atoms with Gasteiger partial charge in [0.1, 0.15) is 0 Å². The molecule has 0 aliphatic heterocycles.